The van der Waals surface area contributed by atoms with E-state index in [4.69, 9.17) is 4.74 Å². The molecule has 2 rings (SSSR count). The number of nitrogens with zero attached hydrogens (tertiary/aromatic N) is 1. The maximum absolute atomic E-state index is 12.4. The fraction of sp³-hybridized carbons (Fsp3) is 0.348. The van der Waals surface area contributed by atoms with Crippen LogP contribution < -0.4 is 20.7 Å². The number of ether oxygens (including phenoxy) is 1. The molecule has 0 aliphatic carbocycles. The zero-order chi connectivity index (χ0) is 23.0. The van der Waals surface area contributed by atoms with Gasteiger partial charge in [-0.3, -0.25) is 19.3 Å². The minimum absolute atomic E-state index is 0.0230. The topological polar surface area (TPSA) is 99.8 Å². The number of hydrogen-bond acceptors (Lipinski definition) is 5. The molecule has 8 heteroatoms. The Kier molecular flexibility index (Phi) is 8.57. The summed E-state index contributed by atoms with van der Waals surface area (Å²) in [6.07, 6.45) is 0. The zero-order valence-electron chi connectivity index (χ0n) is 18.6. The summed E-state index contributed by atoms with van der Waals surface area (Å²) in [5.74, 6) is -0.198. The van der Waals surface area contributed by atoms with Crippen molar-refractivity contribution in [3.05, 3.63) is 53.6 Å². The molecule has 2 aromatic rings. The standard InChI is InChI=1S/C23H30N4O4/c1-15-7-6-8-16(2)22(15)26-20(28)13-24-23(30)17(3)27(4)14-21(29)25-18-9-11-19(31-5)12-10-18/h6-12,17H,13-14H2,1-5H3,(H,24,30)(H,25,29)(H,26,28). The van der Waals surface area contributed by atoms with E-state index in [-0.39, 0.29) is 30.8 Å². The molecular formula is C23H30N4O4. The molecule has 0 heterocycles. The number of anilines is 2. The highest BCUT2D eigenvalue weighted by Gasteiger charge is 2.21. The first kappa shape index (κ1) is 23.9. The molecule has 0 bridgehead atoms. The SMILES string of the molecule is COc1ccc(NC(=O)CN(C)C(C)C(=O)NCC(=O)Nc2c(C)cccc2C)cc1. The van der Waals surface area contributed by atoms with E-state index < -0.39 is 6.04 Å². The van der Waals surface area contributed by atoms with Gasteiger partial charge in [-0.2, -0.15) is 0 Å². The van der Waals surface area contributed by atoms with E-state index in [0.717, 1.165) is 16.8 Å². The quantitative estimate of drug-likeness (QED) is 0.572. The van der Waals surface area contributed by atoms with Crippen molar-refractivity contribution in [2.75, 3.05) is 37.9 Å². The van der Waals surface area contributed by atoms with Crippen LogP contribution in [0.5, 0.6) is 5.75 Å². The van der Waals surface area contributed by atoms with Crippen molar-refractivity contribution in [3.8, 4) is 5.75 Å². The number of aryl methyl sites for hydroxylation is 2. The Morgan fingerprint density at radius 1 is 0.968 bits per heavy atom. The first-order chi connectivity index (χ1) is 14.7. The molecule has 0 radical (unpaired) electrons. The van der Waals surface area contributed by atoms with E-state index in [2.05, 4.69) is 16.0 Å². The molecule has 0 aliphatic heterocycles. The number of amides is 3. The van der Waals surface area contributed by atoms with Gasteiger partial charge in [-0.15, -0.1) is 0 Å². The predicted octanol–water partition coefficient (Wildman–Crippen LogP) is 2.33. The lowest BCUT2D eigenvalue weighted by Crippen LogP contribution is -2.47. The lowest BCUT2D eigenvalue weighted by molar-refractivity contribution is -0.128. The predicted molar refractivity (Wildman–Crippen MR) is 121 cm³/mol. The van der Waals surface area contributed by atoms with Crippen molar-refractivity contribution in [1.29, 1.82) is 0 Å². The van der Waals surface area contributed by atoms with Crippen LogP contribution >= 0.6 is 0 Å². The number of likely N-dealkylation sites (N-methyl/N-ethyl adjacent to an activating group) is 1. The highest BCUT2D eigenvalue weighted by atomic mass is 16.5. The Bertz CT molecular complexity index is 907. The second kappa shape index (κ2) is 11.1. The maximum atomic E-state index is 12.4. The number of rotatable bonds is 9. The third-order valence-corrected chi connectivity index (χ3v) is 4.98. The lowest BCUT2D eigenvalue weighted by Gasteiger charge is -2.23. The van der Waals surface area contributed by atoms with Crippen LogP contribution in [0.15, 0.2) is 42.5 Å². The monoisotopic (exact) mass is 426 g/mol. The molecule has 0 spiro atoms. The van der Waals surface area contributed by atoms with Gasteiger partial charge in [0.15, 0.2) is 0 Å². The number of benzene rings is 2. The van der Waals surface area contributed by atoms with Gasteiger partial charge in [-0.25, -0.2) is 0 Å². The molecule has 8 nitrogen and oxygen atoms in total. The summed E-state index contributed by atoms with van der Waals surface area (Å²) in [4.78, 5) is 38.5. The van der Waals surface area contributed by atoms with Crippen LogP contribution in [0, 0.1) is 13.8 Å². The van der Waals surface area contributed by atoms with Gasteiger partial charge in [0.05, 0.1) is 26.2 Å². The zero-order valence-corrected chi connectivity index (χ0v) is 18.6. The number of carbonyl (C=O) groups excluding carboxylic acids is 3. The Morgan fingerprint density at radius 2 is 1.58 bits per heavy atom. The number of hydrogen-bond donors (Lipinski definition) is 3. The number of methoxy groups -OCH3 is 1. The minimum atomic E-state index is -0.588. The molecule has 1 unspecified atom stereocenters. The highest BCUT2D eigenvalue weighted by Crippen LogP contribution is 2.19. The molecule has 0 saturated carbocycles. The average molecular weight is 427 g/mol. The van der Waals surface area contributed by atoms with E-state index in [9.17, 15) is 14.4 Å². The van der Waals surface area contributed by atoms with Gasteiger partial charge in [-0.1, -0.05) is 18.2 Å². The van der Waals surface area contributed by atoms with Gasteiger partial charge < -0.3 is 20.7 Å². The molecule has 3 N–H and O–H groups in total. The molecule has 0 saturated heterocycles. The fourth-order valence-electron chi connectivity index (χ4n) is 2.95. The van der Waals surface area contributed by atoms with Gasteiger partial charge >= 0.3 is 0 Å². The highest BCUT2D eigenvalue weighted by molar-refractivity contribution is 5.96. The van der Waals surface area contributed by atoms with E-state index in [1.165, 1.54) is 0 Å². The molecular weight excluding hydrogens is 396 g/mol. The first-order valence-electron chi connectivity index (χ1n) is 9.99. The Labute approximate surface area is 183 Å². The maximum Gasteiger partial charge on any atom is 0.243 e. The van der Waals surface area contributed by atoms with Crippen LogP contribution in [0.1, 0.15) is 18.1 Å². The van der Waals surface area contributed by atoms with Crippen molar-refractivity contribution in [2.45, 2.75) is 26.8 Å². The molecule has 0 fully saturated rings. The molecule has 3 amide bonds. The van der Waals surface area contributed by atoms with E-state index >= 15 is 0 Å². The summed E-state index contributed by atoms with van der Waals surface area (Å²) in [5, 5.41) is 8.22. The summed E-state index contributed by atoms with van der Waals surface area (Å²) in [6.45, 7) is 5.38. The summed E-state index contributed by atoms with van der Waals surface area (Å²) in [7, 11) is 3.25. The smallest absolute Gasteiger partial charge is 0.243 e. The molecule has 1 atom stereocenters. The number of carbonyl (C=O) groups is 3. The molecule has 0 aromatic heterocycles. The lowest BCUT2D eigenvalue weighted by atomic mass is 10.1. The normalized spacial score (nSPS) is 11.5. The van der Waals surface area contributed by atoms with Crippen LogP contribution in [-0.4, -0.2) is 55.9 Å². The second-order valence-corrected chi connectivity index (χ2v) is 7.40. The van der Waals surface area contributed by atoms with Crippen molar-refractivity contribution in [2.24, 2.45) is 0 Å². The largest absolute Gasteiger partial charge is 0.497 e. The summed E-state index contributed by atoms with van der Waals surface area (Å²) < 4.78 is 5.09. The third-order valence-electron chi connectivity index (χ3n) is 4.98. The van der Waals surface area contributed by atoms with Crippen molar-refractivity contribution in [3.63, 3.8) is 0 Å². The van der Waals surface area contributed by atoms with Crippen LogP contribution in [0.2, 0.25) is 0 Å². The Hall–Kier alpha value is -3.39. The van der Waals surface area contributed by atoms with Crippen molar-refractivity contribution >= 4 is 29.1 Å². The third kappa shape index (κ3) is 7.11. The van der Waals surface area contributed by atoms with E-state index in [0.29, 0.717) is 11.4 Å². The Morgan fingerprint density at radius 3 is 2.16 bits per heavy atom. The summed E-state index contributed by atoms with van der Waals surface area (Å²) >= 11 is 0. The Balaban J connectivity index is 1.80. The van der Waals surface area contributed by atoms with Crippen molar-refractivity contribution in [1.82, 2.24) is 10.2 Å². The second-order valence-electron chi connectivity index (χ2n) is 7.40. The first-order valence-corrected chi connectivity index (χ1v) is 9.99. The van der Waals surface area contributed by atoms with E-state index in [1.54, 1.807) is 50.2 Å². The molecule has 31 heavy (non-hydrogen) atoms. The number of para-hydroxylation sites is 1. The molecule has 166 valence electrons. The van der Waals surface area contributed by atoms with Crippen LogP contribution in [0.3, 0.4) is 0 Å². The average Bonchev–Trinajstić information content (AvgIpc) is 2.74. The van der Waals surface area contributed by atoms with Gasteiger partial charge in [0, 0.05) is 11.4 Å². The summed E-state index contributed by atoms with van der Waals surface area (Å²) in [6, 6.07) is 12.1. The fourth-order valence-corrected chi connectivity index (χ4v) is 2.95. The molecule has 0 aliphatic rings. The van der Waals surface area contributed by atoms with Crippen LogP contribution in [0.4, 0.5) is 11.4 Å². The van der Waals surface area contributed by atoms with Gasteiger partial charge in [0.25, 0.3) is 0 Å². The van der Waals surface area contributed by atoms with Gasteiger partial charge in [0.1, 0.15) is 5.75 Å². The van der Waals surface area contributed by atoms with E-state index in [1.807, 2.05) is 32.0 Å². The van der Waals surface area contributed by atoms with Gasteiger partial charge in [0.2, 0.25) is 17.7 Å². The summed E-state index contributed by atoms with van der Waals surface area (Å²) in [5.41, 5.74) is 3.30. The van der Waals surface area contributed by atoms with Crippen LogP contribution in [-0.2, 0) is 14.4 Å². The van der Waals surface area contributed by atoms with Crippen molar-refractivity contribution < 1.29 is 19.1 Å². The molecule has 2 aromatic carbocycles. The van der Waals surface area contributed by atoms with Gasteiger partial charge in [-0.05, 0) is 63.2 Å². The number of nitrogens with one attached hydrogen (secondary N) is 3. The van der Waals surface area contributed by atoms with Crippen LogP contribution in [0.25, 0.3) is 0 Å². The minimum Gasteiger partial charge on any atom is -0.497 e.